The second-order valence-electron chi connectivity index (χ2n) is 5.63. The smallest absolute Gasteiger partial charge is 0.122 e. The Bertz CT molecular complexity index is 516. The number of nitrogens with one attached hydrogen (secondary N) is 1. The third-order valence-corrected chi connectivity index (χ3v) is 4.40. The van der Waals surface area contributed by atoms with E-state index in [0.29, 0.717) is 0 Å². The van der Waals surface area contributed by atoms with Crippen LogP contribution in [-0.4, -0.2) is 28.8 Å². The monoisotopic (exact) mass is 305 g/mol. The molecule has 4 nitrogen and oxygen atoms in total. The molecule has 1 unspecified atom stereocenters. The zero-order valence-corrected chi connectivity index (χ0v) is 13.7. The van der Waals surface area contributed by atoms with Crippen LogP contribution < -0.4 is 5.32 Å². The van der Waals surface area contributed by atoms with Crippen molar-refractivity contribution < 1.29 is 4.84 Å². The lowest BCUT2D eigenvalue weighted by Crippen LogP contribution is -2.50. The van der Waals surface area contributed by atoms with Gasteiger partial charge in [-0.1, -0.05) is 29.9 Å². The molecular formula is C16H23N3OS. The van der Waals surface area contributed by atoms with Crippen LogP contribution in [0.25, 0.3) is 0 Å². The number of oxime groups is 1. The summed E-state index contributed by atoms with van der Waals surface area (Å²) in [6.07, 6.45) is 7.83. The third-order valence-electron chi connectivity index (χ3n) is 3.85. The molecule has 1 aromatic rings. The van der Waals surface area contributed by atoms with Gasteiger partial charge >= 0.3 is 0 Å². The van der Waals surface area contributed by atoms with Gasteiger partial charge in [-0.25, -0.2) is 0 Å². The molecule has 1 heterocycles. The Morgan fingerprint density at radius 1 is 1.48 bits per heavy atom. The zero-order chi connectivity index (χ0) is 15.3. The largest absolute Gasteiger partial charge is 0.393 e. The molecule has 1 N–H and O–H groups in total. The Hall–Kier alpha value is -1.49. The minimum absolute atomic E-state index is 0.0641. The summed E-state index contributed by atoms with van der Waals surface area (Å²) < 4.78 is 0. The first-order valence-corrected chi connectivity index (χ1v) is 7.88. The molecule has 2 rings (SSSR count). The first-order valence-electron chi connectivity index (χ1n) is 7.47. The van der Waals surface area contributed by atoms with E-state index in [1.165, 1.54) is 0 Å². The Labute approximate surface area is 132 Å². The Kier molecular flexibility index (Phi) is 5.28. The van der Waals surface area contributed by atoms with Gasteiger partial charge in [0, 0.05) is 19.4 Å². The van der Waals surface area contributed by atoms with Crippen molar-refractivity contribution in [3.8, 4) is 0 Å². The molecule has 0 bridgehead atoms. The van der Waals surface area contributed by atoms with E-state index in [2.05, 4.69) is 21.5 Å². The summed E-state index contributed by atoms with van der Waals surface area (Å²) in [6.45, 7) is 3.96. The number of aromatic nitrogens is 1. The minimum Gasteiger partial charge on any atom is -0.393 e. The highest BCUT2D eigenvalue weighted by Gasteiger charge is 2.44. The van der Waals surface area contributed by atoms with Gasteiger partial charge in [-0.2, -0.15) is 0 Å². The maximum Gasteiger partial charge on any atom is 0.122 e. The highest BCUT2D eigenvalue weighted by Crippen LogP contribution is 2.38. The van der Waals surface area contributed by atoms with Crippen LogP contribution >= 0.6 is 12.2 Å². The molecule has 114 valence electrons. The molecule has 1 saturated carbocycles. The fraction of sp³-hybridized carbons (Fsp3) is 0.562. The van der Waals surface area contributed by atoms with E-state index >= 15 is 0 Å². The van der Waals surface area contributed by atoms with Gasteiger partial charge in [0.1, 0.15) is 6.10 Å². The molecule has 21 heavy (non-hydrogen) atoms. The minimum atomic E-state index is -0.383. The van der Waals surface area contributed by atoms with Gasteiger partial charge in [0.2, 0.25) is 0 Å². The first-order chi connectivity index (χ1) is 10.1. The zero-order valence-electron chi connectivity index (χ0n) is 12.9. The number of hydrogen-bond donors (Lipinski definition) is 1. The molecule has 1 fully saturated rings. The van der Waals surface area contributed by atoms with Crippen LogP contribution in [0.3, 0.4) is 0 Å². The van der Waals surface area contributed by atoms with Crippen molar-refractivity contribution in [1.29, 1.82) is 0 Å². The SMILES string of the molecule is CNC(=S)C1(c2cccnc2)CCCC/C1=N\OC(C)C. The normalized spacial score (nSPS) is 24.1. The van der Waals surface area contributed by atoms with Crippen molar-refractivity contribution in [2.75, 3.05) is 7.05 Å². The van der Waals surface area contributed by atoms with Crippen molar-refractivity contribution in [3.63, 3.8) is 0 Å². The highest BCUT2D eigenvalue weighted by atomic mass is 32.1. The fourth-order valence-electron chi connectivity index (χ4n) is 2.85. The van der Waals surface area contributed by atoms with Gasteiger partial charge in [0.25, 0.3) is 0 Å². The van der Waals surface area contributed by atoms with Gasteiger partial charge in [-0.3, -0.25) is 4.98 Å². The fourth-order valence-corrected chi connectivity index (χ4v) is 3.19. The number of pyridine rings is 1. The lowest BCUT2D eigenvalue weighted by Gasteiger charge is -2.38. The van der Waals surface area contributed by atoms with Crippen molar-refractivity contribution >= 4 is 22.9 Å². The van der Waals surface area contributed by atoms with E-state index in [9.17, 15) is 0 Å². The standard InChI is InChI=1S/C16H23N3OS/c1-12(2)20-19-14-8-4-5-9-16(14,15(21)17-3)13-7-6-10-18-11-13/h6-7,10-12H,4-5,8-9H2,1-3H3,(H,17,21)/b19-14+. The molecule has 1 aliphatic rings. The molecule has 5 heteroatoms. The predicted molar refractivity (Wildman–Crippen MR) is 89.7 cm³/mol. The van der Waals surface area contributed by atoms with Crippen LogP contribution in [0.1, 0.15) is 45.1 Å². The topological polar surface area (TPSA) is 46.5 Å². The maximum absolute atomic E-state index is 5.65. The van der Waals surface area contributed by atoms with Gasteiger partial charge < -0.3 is 10.2 Å². The summed E-state index contributed by atoms with van der Waals surface area (Å²) in [5.41, 5.74) is 1.72. The molecule has 1 atom stereocenters. The van der Waals surface area contributed by atoms with Gasteiger partial charge in [0.15, 0.2) is 0 Å². The molecule has 0 saturated heterocycles. The number of rotatable bonds is 4. The molecule has 1 aliphatic carbocycles. The van der Waals surface area contributed by atoms with E-state index in [1.807, 2.05) is 33.2 Å². The second kappa shape index (κ2) is 6.98. The van der Waals surface area contributed by atoms with Crippen LogP contribution in [0, 0.1) is 0 Å². The van der Waals surface area contributed by atoms with Crippen LogP contribution in [0.2, 0.25) is 0 Å². The number of nitrogens with zero attached hydrogens (tertiary/aromatic N) is 2. The Balaban J connectivity index is 2.50. The van der Waals surface area contributed by atoms with Crippen molar-refractivity contribution in [2.24, 2.45) is 5.16 Å². The number of hydrogen-bond acceptors (Lipinski definition) is 4. The summed E-state index contributed by atoms with van der Waals surface area (Å²) in [4.78, 5) is 10.6. The molecule has 0 aromatic carbocycles. The van der Waals surface area contributed by atoms with Gasteiger partial charge in [0.05, 0.1) is 16.1 Å². The van der Waals surface area contributed by atoms with E-state index in [-0.39, 0.29) is 11.5 Å². The third kappa shape index (κ3) is 3.23. The number of thiocarbonyl (C=S) groups is 1. The first kappa shape index (κ1) is 15.9. The van der Waals surface area contributed by atoms with Crippen molar-refractivity contribution in [2.45, 2.75) is 51.0 Å². The second-order valence-corrected chi connectivity index (χ2v) is 6.03. The summed E-state index contributed by atoms with van der Waals surface area (Å²) in [6, 6.07) is 4.03. The van der Waals surface area contributed by atoms with Gasteiger partial charge in [-0.15, -0.1) is 0 Å². The lowest BCUT2D eigenvalue weighted by molar-refractivity contribution is 0.0836. The number of likely N-dealkylation sites (N-methyl/N-ethyl adjacent to an activating group) is 1. The summed E-state index contributed by atoms with van der Waals surface area (Å²) >= 11 is 5.65. The average Bonchev–Trinajstić information content (AvgIpc) is 2.53. The van der Waals surface area contributed by atoms with E-state index in [1.54, 1.807) is 6.20 Å². The Morgan fingerprint density at radius 3 is 2.90 bits per heavy atom. The van der Waals surface area contributed by atoms with Gasteiger partial charge in [-0.05, 0) is 44.7 Å². The molecule has 1 aromatic heterocycles. The van der Waals surface area contributed by atoms with Crippen molar-refractivity contribution in [3.05, 3.63) is 30.1 Å². The van der Waals surface area contributed by atoms with E-state index in [4.69, 9.17) is 17.1 Å². The molecule has 0 radical (unpaired) electrons. The van der Waals surface area contributed by atoms with Crippen LogP contribution in [0.5, 0.6) is 0 Å². The van der Waals surface area contributed by atoms with E-state index < -0.39 is 0 Å². The van der Waals surface area contributed by atoms with Crippen LogP contribution in [0.4, 0.5) is 0 Å². The van der Waals surface area contributed by atoms with E-state index in [0.717, 1.165) is 41.9 Å². The predicted octanol–water partition coefficient (Wildman–Crippen LogP) is 3.22. The molecular weight excluding hydrogens is 282 g/mol. The van der Waals surface area contributed by atoms with Crippen LogP contribution in [0.15, 0.2) is 29.7 Å². The lowest BCUT2D eigenvalue weighted by atomic mass is 9.68. The average molecular weight is 305 g/mol. The van der Waals surface area contributed by atoms with Crippen LogP contribution in [-0.2, 0) is 10.3 Å². The molecule has 0 spiro atoms. The molecule has 0 aliphatic heterocycles. The van der Waals surface area contributed by atoms with Crippen molar-refractivity contribution in [1.82, 2.24) is 10.3 Å². The summed E-state index contributed by atoms with van der Waals surface area (Å²) in [5, 5.41) is 7.60. The highest BCUT2D eigenvalue weighted by molar-refractivity contribution is 7.80. The summed E-state index contributed by atoms with van der Waals surface area (Å²) in [7, 11) is 1.87. The molecule has 0 amide bonds. The maximum atomic E-state index is 5.65. The summed E-state index contributed by atoms with van der Waals surface area (Å²) in [5.74, 6) is 0. The Morgan fingerprint density at radius 2 is 2.29 bits per heavy atom. The quantitative estimate of drug-likeness (QED) is 0.685.